The number of nitrogens with zero attached hydrogens (tertiary/aromatic N) is 1. The molecule has 1 saturated heterocycles. The Morgan fingerprint density at radius 1 is 0.744 bits per heavy atom. The maximum Gasteiger partial charge on any atom is 0.338 e. The average Bonchev–Trinajstić information content (AvgIpc) is 3.56. The fourth-order valence-electron chi connectivity index (χ4n) is 4.96. The maximum absolute atomic E-state index is 13.1. The van der Waals surface area contributed by atoms with E-state index in [0.717, 1.165) is 12.1 Å². The summed E-state index contributed by atoms with van der Waals surface area (Å²) < 4.78 is 43.6. The third-order valence-corrected chi connectivity index (χ3v) is 6.84. The highest BCUT2D eigenvalue weighted by atomic mass is 16.6. The fourth-order valence-corrected chi connectivity index (χ4v) is 4.96. The van der Waals surface area contributed by atoms with E-state index in [4.69, 9.17) is 37.9 Å². The number of methoxy groups -OCH3 is 6. The lowest BCUT2D eigenvalue weighted by molar-refractivity contribution is 0.0239. The van der Waals surface area contributed by atoms with Crippen LogP contribution in [0.25, 0.3) is 0 Å². The molecule has 0 saturated carbocycles. The molecule has 0 N–H and O–H groups in total. The normalized spacial score (nSPS) is 18.1. The second kappa shape index (κ2) is 12.2. The monoisotopic (exact) mass is 543 g/mol. The van der Waals surface area contributed by atoms with Gasteiger partial charge in [-0.15, -0.1) is 0 Å². The van der Waals surface area contributed by atoms with Gasteiger partial charge in [0.15, 0.2) is 23.0 Å². The van der Waals surface area contributed by atoms with Crippen molar-refractivity contribution >= 4 is 11.9 Å². The first-order valence-electron chi connectivity index (χ1n) is 12.3. The van der Waals surface area contributed by atoms with Crippen LogP contribution in [0.5, 0.6) is 34.5 Å². The molecule has 11 heteroatoms. The minimum absolute atomic E-state index is 0.0505. The molecular formula is C28H33NO10. The van der Waals surface area contributed by atoms with Gasteiger partial charge < -0.3 is 37.9 Å². The molecule has 0 aromatic heterocycles. The van der Waals surface area contributed by atoms with E-state index in [-0.39, 0.29) is 23.8 Å². The van der Waals surface area contributed by atoms with Crippen molar-refractivity contribution in [2.24, 2.45) is 0 Å². The Labute approximate surface area is 227 Å². The number of carbonyl (C=O) groups excluding carboxylic acids is 2. The van der Waals surface area contributed by atoms with Crippen LogP contribution in [0.1, 0.15) is 27.1 Å². The molecule has 2 aromatic carbocycles. The number of hydrogen-bond donors (Lipinski definition) is 0. The van der Waals surface area contributed by atoms with Crippen molar-refractivity contribution in [2.45, 2.75) is 18.6 Å². The Kier molecular flexibility index (Phi) is 8.70. The van der Waals surface area contributed by atoms with E-state index >= 15 is 0 Å². The summed E-state index contributed by atoms with van der Waals surface area (Å²) in [5.74, 6) is 1.13. The van der Waals surface area contributed by atoms with Gasteiger partial charge >= 0.3 is 11.9 Å². The molecule has 2 aliphatic rings. The zero-order valence-corrected chi connectivity index (χ0v) is 22.9. The molecule has 39 heavy (non-hydrogen) atoms. The molecule has 0 spiro atoms. The first-order valence-corrected chi connectivity index (χ1v) is 12.3. The number of fused-ring (bicyclic) bond motifs is 1. The molecule has 210 valence electrons. The van der Waals surface area contributed by atoms with Crippen LogP contribution in [-0.4, -0.2) is 91.3 Å². The Balaban J connectivity index is 1.45. The number of carbonyl (C=O) groups is 2. The van der Waals surface area contributed by atoms with Crippen LogP contribution in [0.3, 0.4) is 0 Å². The molecular weight excluding hydrogens is 510 g/mol. The van der Waals surface area contributed by atoms with Gasteiger partial charge in [-0.1, -0.05) is 6.08 Å². The number of benzene rings is 2. The van der Waals surface area contributed by atoms with Crippen molar-refractivity contribution in [1.29, 1.82) is 0 Å². The maximum atomic E-state index is 13.1. The summed E-state index contributed by atoms with van der Waals surface area (Å²) >= 11 is 0. The summed E-state index contributed by atoms with van der Waals surface area (Å²) in [5, 5.41) is 0. The molecule has 0 radical (unpaired) electrons. The van der Waals surface area contributed by atoms with Gasteiger partial charge in [-0.2, -0.15) is 0 Å². The van der Waals surface area contributed by atoms with Crippen molar-refractivity contribution in [3.05, 3.63) is 47.0 Å². The first-order chi connectivity index (χ1) is 18.9. The van der Waals surface area contributed by atoms with Crippen LogP contribution < -0.4 is 28.4 Å². The predicted octanol–water partition coefficient (Wildman–Crippen LogP) is 3.13. The summed E-state index contributed by atoms with van der Waals surface area (Å²) in [7, 11) is 8.90. The van der Waals surface area contributed by atoms with Gasteiger partial charge in [0.25, 0.3) is 0 Å². The summed E-state index contributed by atoms with van der Waals surface area (Å²) in [5.41, 5.74) is 1.41. The van der Waals surface area contributed by atoms with E-state index in [0.29, 0.717) is 47.5 Å². The van der Waals surface area contributed by atoms with Crippen LogP contribution in [0.15, 0.2) is 35.9 Å². The molecule has 2 aliphatic heterocycles. The quantitative estimate of drug-likeness (QED) is 0.308. The molecule has 0 amide bonds. The smallest absolute Gasteiger partial charge is 0.338 e. The highest BCUT2D eigenvalue weighted by Crippen LogP contribution is 2.40. The van der Waals surface area contributed by atoms with Crippen molar-refractivity contribution in [2.75, 3.05) is 62.4 Å². The van der Waals surface area contributed by atoms with Gasteiger partial charge in [-0.3, -0.25) is 4.90 Å². The van der Waals surface area contributed by atoms with Crippen LogP contribution >= 0.6 is 0 Å². The average molecular weight is 544 g/mol. The molecule has 0 bridgehead atoms. The standard InChI is InChI=1S/C28H33NO10/c1-32-20-11-17(12-21(33-2)25(20)36-5)27(30)38-15-16-7-9-29-10-8-19(24(16)29)39-28(31)18-13-22(34-3)26(37-6)23(14-18)35-4/h7,11-14,19,24H,8-10,15H2,1-6H3/t19-,24-/m1/s1. The summed E-state index contributed by atoms with van der Waals surface area (Å²) in [4.78, 5) is 28.2. The van der Waals surface area contributed by atoms with Crippen molar-refractivity contribution in [1.82, 2.24) is 4.90 Å². The van der Waals surface area contributed by atoms with Crippen LogP contribution in [0.4, 0.5) is 0 Å². The van der Waals surface area contributed by atoms with Crippen LogP contribution in [-0.2, 0) is 9.47 Å². The van der Waals surface area contributed by atoms with Gasteiger partial charge in [0.05, 0.1) is 59.8 Å². The molecule has 2 aromatic rings. The topological polar surface area (TPSA) is 111 Å². The van der Waals surface area contributed by atoms with E-state index in [2.05, 4.69) is 4.90 Å². The lowest BCUT2D eigenvalue weighted by Gasteiger charge is -2.24. The minimum atomic E-state index is -0.544. The lowest BCUT2D eigenvalue weighted by atomic mass is 10.0. The van der Waals surface area contributed by atoms with Crippen LogP contribution in [0.2, 0.25) is 0 Å². The third kappa shape index (κ3) is 5.53. The first kappa shape index (κ1) is 27.9. The number of ether oxygens (including phenoxy) is 8. The number of esters is 2. The van der Waals surface area contributed by atoms with E-state index in [1.165, 1.54) is 54.8 Å². The molecule has 2 atom stereocenters. The summed E-state index contributed by atoms with van der Waals surface area (Å²) in [6.45, 7) is 1.48. The number of hydrogen-bond acceptors (Lipinski definition) is 11. The molecule has 0 unspecified atom stereocenters. The summed E-state index contributed by atoms with van der Waals surface area (Å²) in [6, 6.07) is 6.00. The Hall–Kier alpha value is -4.12. The van der Waals surface area contributed by atoms with Gasteiger partial charge in [0.2, 0.25) is 11.5 Å². The van der Waals surface area contributed by atoms with Gasteiger partial charge in [-0.25, -0.2) is 9.59 Å². The lowest BCUT2D eigenvalue weighted by Crippen LogP contribution is -2.36. The molecule has 4 rings (SSSR count). The molecule has 2 heterocycles. The Morgan fingerprint density at radius 3 is 1.69 bits per heavy atom. The van der Waals surface area contributed by atoms with E-state index < -0.39 is 18.0 Å². The molecule has 11 nitrogen and oxygen atoms in total. The van der Waals surface area contributed by atoms with Gasteiger partial charge in [0.1, 0.15) is 12.7 Å². The second-order valence-electron chi connectivity index (χ2n) is 8.86. The zero-order valence-electron chi connectivity index (χ0n) is 22.9. The molecule has 1 fully saturated rings. The largest absolute Gasteiger partial charge is 0.493 e. The van der Waals surface area contributed by atoms with Crippen molar-refractivity contribution in [3.8, 4) is 34.5 Å². The minimum Gasteiger partial charge on any atom is -0.493 e. The highest BCUT2D eigenvalue weighted by molar-refractivity contribution is 5.92. The van der Waals surface area contributed by atoms with E-state index in [9.17, 15) is 9.59 Å². The molecule has 0 aliphatic carbocycles. The van der Waals surface area contributed by atoms with Crippen molar-refractivity contribution < 1.29 is 47.5 Å². The number of rotatable bonds is 11. The van der Waals surface area contributed by atoms with E-state index in [1.54, 1.807) is 12.1 Å². The van der Waals surface area contributed by atoms with Crippen LogP contribution in [0, 0.1) is 0 Å². The van der Waals surface area contributed by atoms with Crippen molar-refractivity contribution in [3.63, 3.8) is 0 Å². The zero-order chi connectivity index (χ0) is 28.1. The van der Waals surface area contributed by atoms with Gasteiger partial charge in [0, 0.05) is 13.1 Å². The van der Waals surface area contributed by atoms with Gasteiger partial charge in [-0.05, 0) is 36.3 Å². The fraction of sp³-hybridized carbons (Fsp3) is 0.429. The SMILES string of the molecule is COc1cc(C(=O)OCC2=CCN3CC[C@@H](OC(=O)c4cc(OC)c(OC)c(OC)c4)[C@@H]23)cc(OC)c1OC. The highest BCUT2D eigenvalue weighted by Gasteiger charge is 2.42. The Morgan fingerprint density at radius 2 is 1.23 bits per heavy atom. The summed E-state index contributed by atoms with van der Waals surface area (Å²) in [6.07, 6.45) is 2.25. The Bertz CT molecular complexity index is 1210. The third-order valence-electron chi connectivity index (χ3n) is 6.84. The predicted molar refractivity (Wildman–Crippen MR) is 140 cm³/mol. The van der Waals surface area contributed by atoms with E-state index in [1.807, 2.05) is 6.08 Å². The second-order valence-corrected chi connectivity index (χ2v) is 8.86.